The summed E-state index contributed by atoms with van der Waals surface area (Å²) >= 11 is 3.46. The number of methoxy groups -OCH3 is 1. The van der Waals surface area contributed by atoms with E-state index in [4.69, 9.17) is 9.15 Å². The van der Waals surface area contributed by atoms with Crippen molar-refractivity contribution >= 4 is 21.8 Å². The van der Waals surface area contributed by atoms with Gasteiger partial charge in [-0.3, -0.25) is 9.89 Å². The average Bonchev–Trinajstić information content (AvgIpc) is 3.32. The van der Waals surface area contributed by atoms with Gasteiger partial charge < -0.3 is 14.1 Å². The van der Waals surface area contributed by atoms with E-state index < -0.39 is 0 Å². The number of carbonyl (C=O) groups excluding carboxylic acids is 1. The van der Waals surface area contributed by atoms with Crippen LogP contribution in [-0.4, -0.2) is 41.3 Å². The molecule has 7 heteroatoms. The highest BCUT2D eigenvalue weighted by molar-refractivity contribution is 9.10. The fraction of sp³-hybridized carbons (Fsp3) is 0.222. The summed E-state index contributed by atoms with van der Waals surface area (Å²) in [6.45, 7) is 0.951. The zero-order chi connectivity index (χ0) is 17.4. The molecule has 0 unspecified atom stereocenters. The van der Waals surface area contributed by atoms with Crippen molar-refractivity contribution in [2.24, 2.45) is 0 Å². The molecule has 1 atom stereocenters. The number of nitrogens with zero attached hydrogens (tertiary/aromatic N) is 2. The summed E-state index contributed by atoms with van der Waals surface area (Å²) in [5.74, 6) is 0.561. The van der Waals surface area contributed by atoms with Crippen LogP contribution in [0.1, 0.15) is 27.7 Å². The topological polar surface area (TPSA) is 71.4 Å². The summed E-state index contributed by atoms with van der Waals surface area (Å²) in [4.78, 5) is 14.7. The van der Waals surface area contributed by atoms with E-state index in [9.17, 15) is 4.79 Å². The highest BCUT2D eigenvalue weighted by atomic mass is 79.9. The van der Waals surface area contributed by atoms with Gasteiger partial charge in [0.1, 0.15) is 5.69 Å². The first-order valence-corrected chi connectivity index (χ1v) is 8.67. The van der Waals surface area contributed by atoms with Gasteiger partial charge >= 0.3 is 0 Å². The zero-order valence-electron chi connectivity index (χ0n) is 13.5. The molecule has 0 spiro atoms. The number of carbonyl (C=O) groups is 1. The van der Waals surface area contributed by atoms with E-state index in [0.29, 0.717) is 24.6 Å². The Kier molecular flexibility index (Phi) is 4.19. The molecule has 0 radical (unpaired) electrons. The monoisotopic (exact) mass is 401 g/mol. The van der Waals surface area contributed by atoms with E-state index in [-0.39, 0.29) is 11.9 Å². The molecule has 3 heterocycles. The minimum Gasteiger partial charge on any atom is -0.463 e. The normalized spacial score (nSPS) is 16.5. The second kappa shape index (κ2) is 6.50. The Hall–Kier alpha value is -2.38. The van der Waals surface area contributed by atoms with E-state index >= 15 is 0 Å². The van der Waals surface area contributed by atoms with Crippen molar-refractivity contribution in [3.05, 3.63) is 64.0 Å². The Morgan fingerprint density at radius 1 is 1.32 bits per heavy atom. The van der Waals surface area contributed by atoms with Crippen LogP contribution in [0.25, 0.3) is 11.5 Å². The smallest absolute Gasteiger partial charge is 0.275 e. The lowest BCUT2D eigenvalue weighted by atomic mass is 9.98. The van der Waals surface area contributed by atoms with Gasteiger partial charge in [-0.1, -0.05) is 28.1 Å². The van der Waals surface area contributed by atoms with Gasteiger partial charge in [0.05, 0.1) is 18.9 Å². The minimum absolute atomic E-state index is 0.103. The van der Waals surface area contributed by atoms with Crippen LogP contribution in [0.3, 0.4) is 0 Å². The molecule has 3 aromatic rings. The highest BCUT2D eigenvalue weighted by Gasteiger charge is 2.42. The Morgan fingerprint density at radius 3 is 2.80 bits per heavy atom. The number of hydrogen-bond donors (Lipinski definition) is 1. The molecule has 0 aliphatic carbocycles. The van der Waals surface area contributed by atoms with Gasteiger partial charge in [0.25, 0.3) is 5.91 Å². The number of hydrogen-bond acceptors (Lipinski definition) is 4. The number of fused-ring (bicyclic) bond motifs is 1. The molecule has 1 aromatic carbocycles. The largest absolute Gasteiger partial charge is 0.463 e. The van der Waals surface area contributed by atoms with Gasteiger partial charge in [-0.05, 0) is 29.8 Å². The first-order chi connectivity index (χ1) is 12.2. The molecule has 1 aliphatic rings. The molecule has 0 fully saturated rings. The van der Waals surface area contributed by atoms with Gasteiger partial charge in [0.2, 0.25) is 0 Å². The van der Waals surface area contributed by atoms with E-state index in [2.05, 4.69) is 26.1 Å². The van der Waals surface area contributed by atoms with E-state index in [0.717, 1.165) is 21.3 Å². The molecule has 0 bridgehead atoms. The summed E-state index contributed by atoms with van der Waals surface area (Å²) in [6, 6.07) is 11.4. The summed E-state index contributed by atoms with van der Waals surface area (Å²) in [5.41, 5.74) is 3.04. The summed E-state index contributed by atoms with van der Waals surface area (Å²) < 4.78 is 11.7. The number of aromatic nitrogens is 2. The number of ether oxygens (including phenoxy) is 1. The number of amides is 1. The molecule has 1 N–H and O–H groups in total. The van der Waals surface area contributed by atoms with Crippen molar-refractivity contribution in [3.8, 4) is 11.5 Å². The number of rotatable bonds is 5. The SMILES string of the molecule is COCCN1C(=O)c2n[nH]c(-c3ccco3)c2[C@H]1c1ccc(Br)cc1. The molecule has 25 heavy (non-hydrogen) atoms. The van der Waals surface area contributed by atoms with Gasteiger partial charge in [-0.25, -0.2) is 0 Å². The summed E-state index contributed by atoms with van der Waals surface area (Å²) in [5, 5.41) is 7.22. The molecule has 0 saturated heterocycles. The highest BCUT2D eigenvalue weighted by Crippen LogP contribution is 2.42. The first kappa shape index (κ1) is 16.1. The van der Waals surface area contributed by atoms with Crippen LogP contribution in [0.4, 0.5) is 0 Å². The molecule has 0 saturated carbocycles. The number of furan rings is 1. The molecule has 6 nitrogen and oxygen atoms in total. The Labute approximate surface area is 152 Å². The van der Waals surface area contributed by atoms with Crippen LogP contribution in [-0.2, 0) is 4.74 Å². The third kappa shape index (κ3) is 2.69. The molecular weight excluding hydrogens is 386 g/mol. The minimum atomic E-state index is -0.232. The maximum absolute atomic E-state index is 12.9. The van der Waals surface area contributed by atoms with Crippen molar-refractivity contribution in [2.45, 2.75) is 6.04 Å². The number of halogens is 1. The van der Waals surface area contributed by atoms with Crippen LogP contribution < -0.4 is 0 Å². The maximum atomic E-state index is 12.9. The second-order valence-electron chi connectivity index (χ2n) is 5.78. The molecule has 1 aliphatic heterocycles. The summed E-state index contributed by atoms with van der Waals surface area (Å²) in [7, 11) is 1.63. The Balaban J connectivity index is 1.85. The fourth-order valence-electron chi connectivity index (χ4n) is 3.21. The Bertz CT molecular complexity index is 887. The van der Waals surface area contributed by atoms with Crippen LogP contribution in [0.15, 0.2) is 51.6 Å². The Morgan fingerprint density at radius 2 is 2.12 bits per heavy atom. The van der Waals surface area contributed by atoms with Crippen molar-refractivity contribution < 1.29 is 13.9 Å². The number of aromatic amines is 1. The van der Waals surface area contributed by atoms with Crippen molar-refractivity contribution in [1.29, 1.82) is 0 Å². The maximum Gasteiger partial charge on any atom is 0.275 e. The first-order valence-electron chi connectivity index (χ1n) is 7.88. The predicted octanol–water partition coefficient (Wildman–Crippen LogP) is 3.62. The third-order valence-electron chi connectivity index (χ3n) is 4.34. The van der Waals surface area contributed by atoms with E-state index in [1.54, 1.807) is 18.3 Å². The van der Waals surface area contributed by atoms with Crippen molar-refractivity contribution in [3.63, 3.8) is 0 Å². The van der Waals surface area contributed by atoms with E-state index in [1.165, 1.54) is 0 Å². The zero-order valence-corrected chi connectivity index (χ0v) is 15.1. The van der Waals surface area contributed by atoms with Gasteiger partial charge in [-0.15, -0.1) is 0 Å². The van der Waals surface area contributed by atoms with Crippen LogP contribution in [0.5, 0.6) is 0 Å². The lowest BCUT2D eigenvalue weighted by Gasteiger charge is -2.26. The van der Waals surface area contributed by atoms with Gasteiger partial charge in [0, 0.05) is 23.7 Å². The standard InChI is InChI=1S/C18H16BrN3O3/c1-24-10-8-22-17(11-4-6-12(19)7-5-11)14-15(13-3-2-9-25-13)20-21-16(14)18(22)23/h2-7,9,17H,8,10H2,1H3,(H,20,21)/t17-/m1/s1. The molecule has 1 amide bonds. The lowest BCUT2D eigenvalue weighted by molar-refractivity contribution is 0.0677. The summed E-state index contributed by atoms with van der Waals surface area (Å²) in [6.07, 6.45) is 1.61. The van der Waals surface area contributed by atoms with Crippen LogP contribution in [0.2, 0.25) is 0 Å². The quantitative estimate of drug-likeness (QED) is 0.708. The number of nitrogens with one attached hydrogen (secondary N) is 1. The fourth-order valence-corrected chi connectivity index (χ4v) is 3.47. The lowest BCUT2D eigenvalue weighted by Crippen LogP contribution is -2.32. The van der Waals surface area contributed by atoms with Crippen LogP contribution >= 0.6 is 15.9 Å². The molecule has 2 aromatic heterocycles. The molecule has 128 valence electrons. The average molecular weight is 402 g/mol. The van der Waals surface area contributed by atoms with Crippen molar-refractivity contribution in [2.75, 3.05) is 20.3 Å². The molecule has 4 rings (SSSR count). The molecular formula is C18H16BrN3O3. The predicted molar refractivity (Wildman–Crippen MR) is 95.2 cm³/mol. The second-order valence-corrected chi connectivity index (χ2v) is 6.70. The van der Waals surface area contributed by atoms with Gasteiger partial charge in [-0.2, -0.15) is 5.10 Å². The third-order valence-corrected chi connectivity index (χ3v) is 4.87. The van der Waals surface area contributed by atoms with Gasteiger partial charge in [0.15, 0.2) is 11.5 Å². The van der Waals surface area contributed by atoms with Crippen LogP contribution in [0, 0.1) is 0 Å². The van der Waals surface area contributed by atoms with E-state index in [1.807, 2.05) is 36.4 Å². The number of H-pyrrole nitrogens is 1. The van der Waals surface area contributed by atoms with Crippen molar-refractivity contribution in [1.82, 2.24) is 15.1 Å². The number of benzene rings is 1.